The largest absolute Gasteiger partial charge is 0.470 e. The zero-order valence-corrected chi connectivity index (χ0v) is 73.2. The van der Waals surface area contributed by atoms with E-state index in [9.17, 15) is 0 Å². The monoisotopic (exact) mass is 1380 g/mol. The molecule has 100 heavy (non-hydrogen) atoms. The van der Waals surface area contributed by atoms with Gasteiger partial charge in [-0.25, -0.2) is 0 Å². The molecule has 0 amide bonds. The fourth-order valence-electron chi connectivity index (χ4n) is 6.04. The van der Waals surface area contributed by atoms with Crippen LogP contribution >= 0.6 is 0 Å². The maximum absolute atomic E-state index is 4.83. The van der Waals surface area contributed by atoms with Crippen LogP contribution in [0.2, 0.25) is 0 Å². The quantitative estimate of drug-likeness (QED) is 0.150. The molecule has 0 saturated carbocycles. The first kappa shape index (κ1) is 119. The second-order valence-electron chi connectivity index (χ2n) is 18.9. The Kier molecular flexibility index (Phi) is 119. The Bertz CT molecular complexity index is 2520. The molecule has 0 fully saturated rings. The van der Waals surface area contributed by atoms with Gasteiger partial charge in [-0.1, -0.05) is 285 Å². The van der Waals surface area contributed by atoms with Crippen molar-refractivity contribution in [2.45, 2.75) is 284 Å². The molecule has 0 spiro atoms. The zero-order chi connectivity index (χ0) is 80.7. The summed E-state index contributed by atoms with van der Waals surface area (Å²) >= 11 is 0. The molecule has 3 aromatic carbocycles. The van der Waals surface area contributed by atoms with Crippen LogP contribution in [0.25, 0.3) is 0 Å². The molecular weight excluding hydrogens is 1220 g/mol. The second-order valence-corrected chi connectivity index (χ2v) is 18.9. The van der Waals surface area contributed by atoms with Gasteiger partial charge in [0.15, 0.2) is 0 Å². The van der Waals surface area contributed by atoms with Crippen LogP contribution in [0.1, 0.15) is 262 Å². The number of hydrogen-bond acceptors (Lipinski definition) is 6. The minimum Gasteiger partial charge on any atom is -0.470 e. The summed E-state index contributed by atoms with van der Waals surface area (Å²) in [4.78, 5) is 20.4. The van der Waals surface area contributed by atoms with Crippen molar-refractivity contribution >= 4 is 0 Å². The van der Waals surface area contributed by atoms with E-state index in [1.54, 1.807) is 6.26 Å². The molecule has 10 aromatic rings. The number of nitrogens with zero attached hydrogens (tertiary/aromatic N) is 6. The standard InChI is InChI=1S/3C8H10.5C7H9N.C5H7N.C5H6O.12C2H6/c1-7-3-5-8(2)6-4-7;1-7-4-3-5-8(2)6-7;1-7-5-3-4-6-8(7)2;1-6-3-7(2)5-8-4-6;1-6-3-4-8-7(2)5-6;2*1-6-3-4-7(2)8-5-6;1-6-4-3-5-7(2)8-6;1-6-4-2-3-5-6;1-5-3-2-4-6-5;12*1-2/h3*3-6H,1-2H3;5*3-5H,1-2H3;2-5H,1H3;2-4H,1H3;12*1-2H3. The molecule has 7 nitrogen and oxygen atoms in total. The van der Waals surface area contributed by atoms with Gasteiger partial charge in [-0.2, -0.15) is 0 Å². The van der Waals surface area contributed by atoms with Crippen molar-refractivity contribution < 1.29 is 4.42 Å². The van der Waals surface area contributed by atoms with E-state index < -0.39 is 0 Å². The van der Waals surface area contributed by atoms with E-state index in [4.69, 9.17) is 4.42 Å². The Morgan fingerprint density at radius 1 is 0.250 bits per heavy atom. The van der Waals surface area contributed by atoms with Gasteiger partial charge in [-0.15, -0.1) is 0 Å². The number of pyridine rings is 5. The summed E-state index contributed by atoms with van der Waals surface area (Å²) < 4.78 is 6.83. The van der Waals surface area contributed by atoms with Crippen LogP contribution in [0.4, 0.5) is 0 Å². The molecule has 0 aliphatic rings. The predicted molar refractivity (Wildman–Crippen MR) is 461 cm³/mol. The lowest BCUT2D eigenvalue weighted by molar-refractivity contribution is 0.534. The van der Waals surface area contributed by atoms with Gasteiger partial charge in [0.2, 0.25) is 0 Å². The number of furan rings is 1. The van der Waals surface area contributed by atoms with E-state index >= 15 is 0 Å². The molecular formula is C93H160N6O. The van der Waals surface area contributed by atoms with Crippen molar-refractivity contribution in [1.82, 2.24) is 29.5 Å². The summed E-state index contributed by atoms with van der Waals surface area (Å²) in [6.07, 6.45) is 14.9. The van der Waals surface area contributed by atoms with E-state index in [-0.39, 0.29) is 0 Å². The number of aromatic nitrogens is 6. The van der Waals surface area contributed by atoms with Gasteiger partial charge in [-0.3, -0.25) is 24.9 Å². The van der Waals surface area contributed by atoms with Crippen molar-refractivity contribution in [3.8, 4) is 0 Å². The molecule has 0 atom stereocenters. The molecule has 10 rings (SSSR count). The van der Waals surface area contributed by atoms with Crippen molar-refractivity contribution in [2.75, 3.05) is 0 Å². The zero-order valence-electron chi connectivity index (χ0n) is 73.2. The molecule has 0 unspecified atom stereocenters. The van der Waals surface area contributed by atoms with Crippen LogP contribution in [0, 0.1) is 118 Å². The highest BCUT2D eigenvalue weighted by molar-refractivity contribution is 5.24. The first-order valence-corrected chi connectivity index (χ1v) is 37.7. The average Bonchev–Trinajstić information content (AvgIpc) is 3.82. The normalized spacial score (nSPS) is 7.70. The minimum absolute atomic E-state index is 0.968. The Balaban J connectivity index is -0.0000000832. The molecule has 0 bridgehead atoms. The minimum atomic E-state index is 0.968. The third-order valence-electron chi connectivity index (χ3n) is 10.4. The molecule has 0 saturated heterocycles. The smallest absolute Gasteiger partial charge is 0.100 e. The molecule has 0 aliphatic carbocycles. The molecule has 7 heteroatoms. The van der Waals surface area contributed by atoms with Crippen molar-refractivity contribution in [3.63, 3.8) is 0 Å². The Morgan fingerprint density at radius 2 is 0.580 bits per heavy atom. The lowest BCUT2D eigenvalue weighted by atomic mass is 10.1. The summed E-state index contributed by atoms with van der Waals surface area (Å²) in [5, 5.41) is 0. The van der Waals surface area contributed by atoms with Crippen LogP contribution in [0.5, 0.6) is 0 Å². The Morgan fingerprint density at radius 3 is 0.760 bits per heavy atom. The fourth-order valence-corrected chi connectivity index (χ4v) is 6.04. The van der Waals surface area contributed by atoms with Crippen molar-refractivity contribution in [1.29, 1.82) is 0 Å². The third-order valence-corrected chi connectivity index (χ3v) is 10.4. The number of hydrogen-bond donors (Lipinski definition) is 0. The topological polar surface area (TPSA) is 82.5 Å². The molecule has 568 valence electrons. The first-order chi connectivity index (χ1) is 48.1. The molecule has 0 aliphatic heterocycles. The average molecular weight is 1380 g/mol. The number of rotatable bonds is 0. The third kappa shape index (κ3) is 94.2. The summed E-state index contributed by atoms with van der Waals surface area (Å²) in [5.74, 6) is 0.968. The summed E-state index contributed by atoms with van der Waals surface area (Å²) in [5.41, 5.74) is 19.7. The van der Waals surface area contributed by atoms with Gasteiger partial charge < -0.3 is 8.98 Å². The van der Waals surface area contributed by atoms with Crippen LogP contribution in [0.15, 0.2) is 212 Å². The number of benzene rings is 3. The van der Waals surface area contributed by atoms with E-state index in [2.05, 4.69) is 170 Å². The van der Waals surface area contributed by atoms with Crippen molar-refractivity contribution in [3.05, 3.63) is 303 Å². The summed E-state index contributed by atoms with van der Waals surface area (Å²) in [6, 6.07) is 53.4. The van der Waals surface area contributed by atoms with E-state index in [1.807, 2.05) is 351 Å². The highest BCUT2D eigenvalue weighted by Gasteiger charge is 1.87. The van der Waals surface area contributed by atoms with Gasteiger partial charge in [0, 0.05) is 78.9 Å². The van der Waals surface area contributed by atoms with Gasteiger partial charge in [0.25, 0.3) is 0 Å². The molecule has 0 radical (unpaired) electrons. The SMILES string of the molecule is CC.CC.CC.CC.CC.CC.CC.CC.CC.CC.CC.CC.Cc1ccc(C)cc1.Cc1ccc(C)nc1.Cc1ccc(C)nc1.Cc1cccc(C)c1.Cc1cccc(C)n1.Cc1ccccc1C.Cc1ccco1.Cc1ccnc(C)c1.Cc1cncc(C)c1.Cn1cccc1. The molecule has 7 aromatic heterocycles. The van der Waals surface area contributed by atoms with Crippen LogP contribution in [-0.2, 0) is 7.05 Å². The maximum atomic E-state index is 4.83. The maximum Gasteiger partial charge on any atom is 0.100 e. The lowest BCUT2D eigenvalue weighted by Crippen LogP contribution is -1.81. The first-order valence-electron chi connectivity index (χ1n) is 37.7. The lowest BCUT2D eigenvalue weighted by Gasteiger charge is -1.93. The van der Waals surface area contributed by atoms with Gasteiger partial charge in [-0.05, 0) is 217 Å². The predicted octanol–water partition coefficient (Wildman–Crippen LogP) is 30.3. The molecule has 0 N–H and O–H groups in total. The summed E-state index contributed by atoms with van der Waals surface area (Å²) in [6.45, 7) is 82.7. The van der Waals surface area contributed by atoms with Crippen LogP contribution in [-0.4, -0.2) is 29.5 Å². The van der Waals surface area contributed by atoms with Gasteiger partial charge in [0.1, 0.15) is 5.76 Å². The number of aryl methyl sites for hydroxylation is 18. The fraction of sp³-hybridized carbons (Fsp3) is 0.452. The second kappa shape index (κ2) is 99.6. The van der Waals surface area contributed by atoms with E-state index in [0.29, 0.717) is 0 Å². The van der Waals surface area contributed by atoms with Crippen molar-refractivity contribution in [2.24, 2.45) is 7.05 Å². The van der Waals surface area contributed by atoms with Gasteiger partial charge in [0.05, 0.1) is 6.26 Å². The van der Waals surface area contributed by atoms with E-state index in [0.717, 1.165) is 34.2 Å². The highest BCUT2D eigenvalue weighted by Crippen LogP contribution is 2.04. The highest BCUT2D eigenvalue weighted by atomic mass is 16.3. The van der Waals surface area contributed by atoms with Gasteiger partial charge >= 0.3 is 0 Å². The van der Waals surface area contributed by atoms with Crippen LogP contribution < -0.4 is 0 Å². The van der Waals surface area contributed by atoms with E-state index in [1.165, 1.54) is 61.2 Å². The summed E-state index contributed by atoms with van der Waals surface area (Å²) in [7, 11) is 2.00. The Hall–Kier alpha value is -8.03. The Labute approximate surface area is 624 Å². The van der Waals surface area contributed by atoms with Crippen LogP contribution in [0.3, 0.4) is 0 Å². The molecule has 7 heterocycles.